The number of carboxylic acid groups (broad SMARTS) is 1. The van der Waals surface area contributed by atoms with Crippen molar-refractivity contribution in [1.82, 2.24) is 0 Å². The molecule has 5 rings (SSSR count). The highest BCUT2D eigenvalue weighted by molar-refractivity contribution is 5.76. The summed E-state index contributed by atoms with van der Waals surface area (Å²) in [7, 11) is 2.88. The lowest BCUT2D eigenvalue weighted by Crippen LogP contribution is -2.52. The third-order valence-electron chi connectivity index (χ3n) is 7.02. The Kier molecular flexibility index (Phi) is 4.96. The molecule has 3 aromatic rings. The first-order chi connectivity index (χ1) is 16.3. The maximum atomic E-state index is 12.5. The van der Waals surface area contributed by atoms with E-state index in [2.05, 4.69) is 0 Å². The van der Waals surface area contributed by atoms with E-state index in [1.807, 2.05) is 0 Å². The fourth-order valence-corrected chi connectivity index (χ4v) is 5.67. The summed E-state index contributed by atoms with van der Waals surface area (Å²) in [6, 6.07) is 18.1. The number of methoxy groups -OCH3 is 2. The minimum atomic E-state index is -2.22. The number of phenols is 1. The van der Waals surface area contributed by atoms with E-state index in [1.54, 1.807) is 54.6 Å². The van der Waals surface area contributed by atoms with Crippen LogP contribution < -0.4 is 14.2 Å². The molecule has 1 fully saturated rings. The van der Waals surface area contributed by atoms with Gasteiger partial charge in [0.15, 0.2) is 11.2 Å². The molecule has 34 heavy (non-hydrogen) atoms. The minimum absolute atomic E-state index is 0.0739. The second-order valence-corrected chi connectivity index (χ2v) is 8.55. The highest BCUT2D eigenvalue weighted by Crippen LogP contribution is 2.70. The van der Waals surface area contributed by atoms with E-state index in [4.69, 9.17) is 14.2 Å². The molecule has 0 bridgehead atoms. The van der Waals surface area contributed by atoms with Crippen LogP contribution in [0, 0.1) is 5.92 Å². The van der Waals surface area contributed by atoms with Crippen molar-refractivity contribution in [1.29, 1.82) is 0 Å². The third kappa shape index (κ3) is 2.69. The van der Waals surface area contributed by atoms with Crippen LogP contribution >= 0.6 is 0 Å². The van der Waals surface area contributed by atoms with Crippen LogP contribution in [-0.2, 0) is 16.0 Å². The molecular formula is C26H24O8. The number of fused-ring (bicyclic) bond motifs is 3. The molecule has 3 aromatic carbocycles. The molecule has 8 nitrogen and oxygen atoms in total. The highest BCUT2D eigenvalue weighted by Gasteiger charge is 2.78. The first-order valence-electron chi connectivity index (χ1n) is 10.7. The number of phenolic OH excluding ortho intramolecular Hbond substituents is 1. The van der Waals surface area contributed by atoms with Crippen molar-refractivity contribution in [2.75, 3.05) is 14.2 Å². The summed E-state index contributed by atoms with van der Waals surface area (Å²) in [4.78, 5) is 12.5. The number of aliphatic hydroxyl groups is 2. The Balaban J connectivity index is 1.88. The predicted molar refractivity (Wildman–Crippen MR) is 120 cm³/mol. The summed E-state index contributed by atoms with van der Waals surface area (Å²) in [6.45, 7) is 0. The number of aromatic hydroxyl groups is 1. The molecule has 0 radical (unpaired) electrons. The van der Waals surface area contributed by atoms with Crippen molar-refractivity contribution in [2.24, 2.45) is 5.92 Å². The number of benzene rings is 3. The Morgan fingerprint density at radius 1 is 1.00 bits per heavy atom. The Labute approximate surface area is 195 Å². The molecule has 4 N–H and O–H groups in total. The first kappa shape index (κ1) is 22.1. The van der Waals surface area contributed by atoms with Gasteiger partial charge in [-0.1, -0.05) is 42.5 Å². The molecular weight excluding hydrogens is 440 g/mol. The number of hydrogen-bond acceptors (Lipinski definition) is 7. The van der Waals surface area contributed by atoms with Gasteiger partial charge >= 0.3 is 5.97 Å². The smallest absolute Gasteiger partial charge is 0.310 e. The molecule has 176 valence electrons. The normalized spacial score (nSPS) is 29.1. The SMILES string of the molecule is COc1ccc([C@@]23Oc4cc(O)cc(OC)c4[C@]2(O)[C@H](O)[C@H](C(=O)O)[C@H]3c2ccccc2)cc1. The van der Waals surface area contributed by atoms with E-state index in [9.17, 15) is 25.2 Å². The molecule has 1 aliphatic carbocycles. The van der Waals surface area contributed by atoms with E-state index in [1.165, 1.54) is 26.4 Å². The lowest BCUT2D eigenvalue weighted by Gasteiger charge is -2.40. The summed E-state index contributed by atoms with van der Waals surface area (Å²) in [6.07, 6.45) is -1.77. The number of carbonyl (C=O) groups is 1. The number of ether oxygens (including phenoxy) is 3. The quantitative estimate of drug-likeness (QED) is 0.454. The highest BCUT2D eigenvalue weighted by atomic mass is 16.5. The van der Waals surface area contributed by atoms with Crippen molar-refractivity contribution in [3.8, 4) is 23.0 Å². The number of rotatable bonds is 5. The van der Waals surface area contributed by atoms with Gasteiger partial charge < -0.3 is 34.6 Å². The zero-order chi connectivity index (χ0) is 24.3. The molecule has 0 saturated heterocycles. The summed E-state index contributed by atoms with van der Waals surface area (Å²) in [5, 5.41) is 44.4. The van der Waals surface area contributed by atoms with Gasteiger partial charge in [-0.05, 0) is 23.3 Å². The summed E-state index contributed by atoms with van der Waals surface area (Å²) >= 11 is 0. The number of carboxylic acids is 1. The van der Waals surface area contributed by atoms with E-state index in [-0.39, 0.29) is 22.8 Å². The number of aliphatic carboxylic acids is 1. The van der Waals surface area contributed by atoms with Crippen molar-refractivity contribution < 1.29 is 39.4 Å². The molecule has 5 atom stereocenters. The third-order valence-corrected chi connectivity index (χ3v) is 7.02. The van der Waals surface area contributed by atoms with Crippen molar-refractivity contribution in [3.05, 3.63) is 83.4 Å². The van der Waals surface area contributed by atoms with Gasteiger partial charge in [-0.15, -0.1) is 0 Å². The summed E-state index contributed by atoms with van der Waals surface area (Å²) in [5.41, 5.74) is -2.89. The average molecular weight is 464 g/mol. The lowest BCUT2D eigenvalue weighted by molar-refractivity contribution is -0.159. The lowest BCUT2D eigenvalue weighted by atomic mass is 9.70. The minimum Gasteiger partial charge on any atom is -0.508 e. The zero-order valence-corrected chi connectivity index (χ0v) is 18.5. The van der Waals surface area contributed by atoms with Gasteiger partial charge in [-0.3, -0.25) is 4.79 Å². The first-order valence-corrected chi connectivity index (χ1v) is 10.7. The maximum Gasteiger partial charge on any atom is 0.310 e. The second-order valence-electron chi connectivity index (χ2n) is 8.55. The fraction of sp³-hybridized carbons (Fsp3) is 0.269. The van der Waals surface area contributed by atoms with Crippen LogP contribution in [0.5, 0.6) is 23.0 Å². The predicted octanol–water partition coefficient (Wildman–Crippen LogP) is 2.74. The molecule has 0 unspecified atom stereocenters. The van der Waals surface area contributed by atoms with Crippen molar-refractivity contribution >= 4 is 5.97 Å². The molecule has 0 spiro atoms. The van der Waals surface area contributed by atoms with Crippen LogP contribution in [0.2, 0.25) is 0 Å². The van der Waals surface area contributed by atoms with Gasteiger partial charge in [0, 0.05) is 18.1 Å². The molecule has 0 amide bonds. The van der Waals surface area contributed by atoms with Crippen LogP contribution in [0.25, 0.3) is 0 Å². The Morgan fingerprint density at radius 2 is 1.68 bits per heavy atom. The fourth-order valence-electron chi connectivity index (χ4n) is 5.67. The van der Waals surface area contributed by atoms with Gasteiger partial charge in [-0.25, -0.2) is 0 Å². The van der Waals surface area contributed by atoms with E-state index >= 15 is 0 Å². The Hall–Kier alpha value is -3.75. The largest absolute Gasteiger partial charge is 0.508 e. The van der Waals surface area contributed by atoms with Gasteiger partial charge in [0.2, 0.25) is 0 Å². The van der Waals surface area contributed by atoms with Crippen LogP contribution in [-0.4, -0.2) is 46.7 Å². The molecule has 1 aliphatic heterocycles. The van der Waals surface area contributed by atoms with Crippen LogP contribution in [0.3, 0.4) is 0 Å². The molecule has 0 aromatic heterocycles. The van der Waals surface area contributed by atoms with Gasteiger partial charge in [-0.2, -0.15) is 0 Å². The average Bonchev–Trinajstić information content (AvgIpc) is 3.22. The standard InChI is InChI=1S/C26H24O8/c1-32-17-10-8-15(9-11-17)26-21(14-6-4-3-5-7-14)20(24(29)30)23(28)25(26,31)22-18(33-2)12-16(27)13-19(22)34-26/h3-13,20-21,23,27-28,31H,1-2H3,(H,29,30)/t20-,21-,23-,25+,26+/m1/s1. The van der Waals surface area contributed by atoms with Gasteiger partial charge in [0.05, 0.1) is 25.7 Å². The van der Waals surface area contributed by atoms with Crippen LogP contribution in [0.1, 0.15) is 22.6 Å². The van der Waals surface area contributed by atoms with Crippen LogP contribution in [0.4, 0.5) is 0 Å². The van der Waals surface area contributed by atoms with Crippen molar-refractivity contribution in [2.45, 2.75) is 23.2 Å². The summed E-state index contributed by atoms with van der Waals surface area (Å²) in [5.74, 6) is -3.13. The maximum absolute atomic E-state index is 12.5. The van der Waals surface area contributed by atoms with E-state index < -0.39 is 35.1 Å². The number of aliphatic hydroxyl groups excluding tert-OH is 1. The van der Waals surface area contributed by atoms with Crippen molar-refractivity contribution in [3.63, 3.8) is 0 Å². The van der Waals surface area contributed by atoms with E-state index in [0.29, 0.717) is 16.9 Å². The molecule has 1 heterocycles. The zero-order valence-electron chi connectivity index (χ0n) is 18.5. The topological polar surface area (TPSA) is 126 Å². The number of hydrogen-bond donors (Lipinski definition) is 4. The molecule has 8 heteroatoms. The Morgan fingerprint density at radius 3 is 2.26 bits per heavy atom. The summed E-state index contributed by atoms with van der Waals surface area (Å²) < 4.78 is 17.2. The van der Waals surface area contributed by atoms with Crippen LogP contribution in [0.15, 0.2) is 66.7 Å². The molecule has 1 saturated carbocycles. The van der Waals surface area contributed by atoms with Gasteiger partial charge in [0.1, 0.15) is 29.1 Å². The second kappa shape index (κ2) is 7.65. The monoisotopic (exact) mass is 464 g/mol. The molecule has 2 aliphatic rings. The Bertz CT molecular complexity index is 1240. The van der Waals surface area contributed by atoms with E-state index in [0.717, 1.165) is 0 Å². The van der Waals surface area contributed by atoms with Gasteiger partial charge in [0.25, 0.3) is 0 Å².